The van der Waals surface area contributed by atoms with Gasteiger partial charge in [0.2, 0.25) is 0 Å². The van der Waals surface area contributed by atoms with Crippen molar-refractivity contribution in [2.24, 2.45) is 5.92 Å². The lowest BCUT2D eigenvalue weighted by atomic mass is 9.77. The van der Waals surface area contributed by atoms with Crippen molar-refractivity contribution >= 4 is 29.5 Å². The molecular formula is C25H33N4O6PS. The van der Waals surface area contributed by atoms with Crippen molar-refractivity contribution in [1.82, 2.24) is 14.6 Å². The van der Waals surface area contributed by atoms with Crippen LogP contribution in [0.15, 0.2) is 30.6 Å². The fraction of sp³-hybridized carbons (Fsp3) is 0.680. The minimum atomic E-state index is -3.46. The van der Waals surface area contributed by atoms with E-state index in [4.69, 9.17) is 29.0 Å². The zero-order chi connectivity index (χ0) is 26.2. The second-order valence-electron chi connectivity index (χ2n) is 11.9. The van der Waals surface area contributed by atoms with E-state index in [9.17, 15) is 4.57 Å². The summed E-state index contributed by atoms with van der Waals surface area (Å²) in [6.07, 6.45) is 2.43. The molecule has 2 aliphatic carbocycles. The van der Waals surface area contributed by atoms with Crippen LogP contribution in [0.3, 0.4) is 0 Å². The second kappa shape index (κ2) is 7.38. The van der Waals surface area contributed by atoms with Gasteiger partial charge >= 0.3 is 6.80 Å². The van der Waals surface area contributed by atoms with Crippen LogP contribution < -0.4 is 5.73 Å². The molecule has 0 aromatic carbocycles. The number of hydrogen-bond acceptors (Lipinski definition) is 10. The van der Waals surface area contributed by atoms with Crippen molar-refractivity contribution in [2.75, 3.05) is 5.73 Å². The van der Waals surface area contributed by atoms with Gasteiger partial charge < -0.3 is 19.9 Å². The van der Waals surface area contributed by atoms with Crippen LogP contribution in [-0.2, 0) is 33.4 Å². The Morgan fingerprint density at radius 3 is 2.84 bits per heavy atom. The molecule has 200 valence electrons. The normalized spacial score (nSPS) is 47.5. The number of ether oxygens (including phenoxy) is 3. The number of rotatable bonds is 4. The van der Waals surface area contributed by atoms with Crippen molar-refractivity contribution in [3.8, 4) is 0 Å². The van der Waals surface area contributed by atoms with Crippen LogP contribution in [0, 0.1) is 5.92 Å². The number of fused-ring (bicyclic) bond motifs is 2. The van der Waals surface area contributed by atoms with E-state index in [1.54, 1.807) is 4.52 Å². The first-order valence-corrected chi connectivity index (χ1v) is 15.7. The maximum atomic E-state index is 14.0. The summed E-state index contributed by atoms with van der Waals surface area (Å²) in [5.74, 6) is -0.121. The Morgan fingerprint density at radius 1 is 1.30 bits per heavy atom. The smallest absolute Gasteiger partial charge is 0.382 e. The summed E-state index contributed by atoms with van der Waals surface area (Å²) in [5, 5.41) is 4.40. The molecule has 5 aliphatic rings. The Bertz CT molecular complexity index is 1380. The minimum absolute atomic E-state index is 0.147. The van der Waals surface area contributed by atoms with Gasteiger partial charge in [0.15, 0.2) is 17.2 Å². The third-order valence-electron chi connectivity index (χ3n) is 8.84. The summed E-state index contributed by atoms with van der Waals surface area (Å²) in [6, 6.07) is 3.79. The highest BCUT2D eigenvalue weighted by atomic mass is 32.7. The third kappa shape index (κ3) is 3.28. The maximum absolute atomic E-state index is 14.0. The number of hydrogen-bond donors (Lipinski definition) is 1. The topological polar surface area (TPSA) is 119 Å². The molecule has 1 unspecified atom stereocenters. The predicted octanol–water partition coefficient (Wildman–Crippen LogP) is 4.59. The number of nitrogen functional groups attached to an aromatic ring is 1. The van der Waals surface area contributed by atoms with Crippen molar-refractivity contribution in [3.63, 3.8) is 0 Å². The van der Waals surface area contributed by atoms with E-state index >= 15 is 0 Å². The monoisotopic (exact) mass is 548 g/mol. The quantitative estimate of drug-likeness (QED) is 0.429. The minimum Gasteiger partial charge on any atom is -0.382 e. The lowest BCUT2D eigenvalue weighted by Crippen LogP contribution is -2.45. The molecule has 2 N–H and O–H groups in total. The zero-order valence-corrected chi connectivity index (χ0v) is 23.4. The molecular weight excluding hydrogens is 515 g/mol. The van der Waals surface area contributed by atoms with Crippen molar-refractivity contribution in [3.05, 3.63) is 36.3 Å². The van der Waals surface area contributed by atoms with E-state index in [-0.39, 0.29) is 10.9 Å². The average Bonchev–Trinajstić information content (AvgIpc) is 3.24. The SMILES string of the molecule is C=C(C)[C@H]1CC[C@@]2(C)S[P@@](=O)(OC3[C@H]4O[C@@](C)(c5ccc6c(N)ncnn56)[C@@H]5OC(C)(C)O[C@]345)O[C@@H]2C1. The zero-order valence-electron chi connectivity index (χ0n) is 21.7. The van der Waals surface area contributed by atoms with Gasteiger partial charge in [-0.15, -0.1) is 0 Å². The van der Waals surface area contributed by atoms with Gasteiger partial charge in [0.25, 0.3) is 0 Å². The summed E-state index contributed by atoms with van der Waals surface area (Å²) in [6.45, 7) is 10.6. The molecule has 0 radical (unpaired) electrons. The predicted molar refractivity (Wildman–Crippen MR) is 138 cm³/mol. The third-order valence-corrected chi connectivity index (χ3v) is 13.4. The number of nitrogens with zero attached hydrogens (tertiary/aromatic N) is 3. The Morgan fingerprint density at radius 2 is 2.08 bits per heavy atom. The first-order valence-electron chi connectivity index (χ1n) is 12.8. The van der Waals surface area contributed by atoms with Gasteiger partial charge in [0.1, 0.15) is 35.8 Å². The molecule has 3 saturated heterocycles. The molecule has 0 bridgehead atoms. The summed E-state index contributed by atoms with van der Waals surface area (Å²) in [7, 11) is 0. The second-order valence-corrected chi connectivity index (χ2v) is 16.3. The molecule has 7 rings (SSSR count). The van der Waals surface area contributed by atoms with Gasteiger partial charge in [-0.2, -0.15) is 5.10 Å². The van der Waals surface area contributed by atoms with Crippen LogP contribution >= 0.6 is 18.2 Å². The Balaban J connectivity index is 1.18. The van der Waals surface area contributed by atoms with E-state index in [0.29, 0.717) is 17.3 Å². The molecule has 1 spiro atoms. The van der Waals surface area contributed by atoms with Crippen LogP contribution in [0.4, 0.5) is 5.82 Å². The summed E-state index contributed by atoms with van der Waals surface area (Å²) in [4.78, 5) is 4.09. The van der Waals surface area contributed by atoms with Crippen molar-refractivity contribution < 1.29 is 27.8 Å². The highest BCUT2D eigenvalue weighted by molar-refractivity contribution is 8.56. The number of allylic oxidation sites excluding steroid dienone is 1. The molecule has 12 heteroatoms. The van der Waals surface area contributed by atoms with Gasteiger partial charge in [0, 0.05) is 0 Å². The van der Waals surface area contributed by atoms with Gasteiger partial charge in [-0.25, -0.2) is 14.1 Å². The van der Waals surface area contributed by atoms with Crippen molar-refractivity contribution in [2.45, 2.75) is 100 Å². The van der Waals surface area contributed by atoms with Gasteiger partial charge in [-0.05, 0) is 83.3 Å². The first-order chi connectivity index (χ1) is 17.3. The van der Waals surface area contributed by atoms with E-state index in [2.05, 4.69) is 30.5 Å². The van der Waals surface area contributed by atoms with Gasteiger partial charge in [0.05, 0.1) is 16.5 Å². The van der Waals surface area contributed by atoms with E-state index in [1.807, 2.05) is 32.9 Å². The highest BCUT2D eigenvalue weighted by Gasteiger charge is 2.88. The van der Waals surface area contributed by atoms with E-state index in [1.165, 1.54) is 17.7 Å². The number of nitrogens with two attached hydrogens (primary N) is 1. The van der Waals surface area contributed by atoms with Crippen LogP contribution in [0.2, 0.25) is 0 Å². The molecule has 2 aromatic rings. The standard InChI is InChI=1S/C25H33N4O6PS/c1-13(2)14-9-10-23(5)17(11-14)33-36(30,37-23)34-19-18-25(19)21(32-22(3,4)35-25)24(6,31-18)16-8-7-15-20(26)27-12-28-29(15)16/h7-8,12,14,17-19,21H,1,9-11H2,2-6H3,(H2,26,27,28)/t14-,17+,18+,19?,21-,23+,24-,25-,36+/m0/s1. The fourth-order valence-electron chi connectivity index (χ4n) is 6.87. The van der Waals surface area contributed by atoms with Gasteiger partial charge in [-0.3, -0.25) is 9.05 Å². The number of aromatic nitrogens is 3. The van der Waals surface area contributed by atoms with E-state index < -0.39 is 42.1 Å². The van der Waals surface area contributed by atoms with Gasteiger partial charge in [-0.1, -0.05) is 12.2 Å². The molecule has 2 saturated carbocycles. The Hall–Kier alpha value is -1.46. The van der Waals surface area contributed by atoms with Crippen molar-refractivity contribution in [1.29, 1.82) is 0 Å². The fourth-order valence-corrected chi connectivity index (χ4v) is 12.3. The summed E-state index contributed by atoms with van der Waals surface area (Å²) >= 11 is 1.35. The van der Waals surface area contributed by atoms with Crippen LogP contribution in [-0.4, -0.2) is 55.1 Å². The molecule has 9 atom stereocenters. The first kappa shape index (κ1) is 24.6. The lowest BCUT2D eigenvalue weighted by molar-refractivity contribution is -0.196. The number of anilines is 1. The Labute approximate surface area is 219 Å². The Kier molecular flexibility index (Phi) is 4.90. The maximum Gasteiger partial charge on any atom is 0.390 e. The summed E-state index contributed by atoms with van der Waals surface area (Å²) in [5.41, 5.74) is 6.87. The molecule has 5 heterocycles. The molecule has 3 aliphatic heterocycles. The molecule has 5 fully saturated rings. The molecule has 37 heavy (non-hydrogen) atoms. The van der Waals surface area contributed by atoms with Crippen LogP contribution in [0.25, 0.3) is 5.52 Å². The highest BCUT2D eigenvalue weighted by Crippen LogP contribution is 2.79. The molecule has 2 aromatic heterocycles. The molecule has 0 amide bonds. The van der Waals surface area contributed by atoms with Crippen LogP contribution in [0.5, 0.6) is 0 Å². The average molecular weight is 549 g/mol. The molecule has 10 nitrogen and oxygen atoms in total. The van der Waals surface area contributed by atoms with Crippen LogP contribution in [0.1, 0.15) is 59.6 Å². The lowest BCUT2D eigenvalue weighted by Gasteiger charge is -2.36. The summed E-state index contributed by atoms with van der Waals surface area (Å²) < 4.78 is 47.6. The largest absolute Gasteiger partial charge is 0.390 e. The van der Waals surface area contributed by atoms with E-state index in [0.717, 1.165) is 30.5 Å².